The molecule has 0 saturated heterocycles. The summed E-state index contributed by atoms with van der Waals surface area (Å²) in [7, 11) is 0. The van der Waals surface area contributed by atoms with E-state index in [-0.39, 0.29) is 11.5 Å². The lowest BCUT2D eigenvalue weighted by molar-refractivity contribution is -0.678. The third-order valence-electron chi connectivity index (χ3n) is 2.32. The average molecular weight is 219 g/mol. The lowest BCUT2D eigenvalue weighted by Crippen LogP contribution is -2.38. The van der Waals surface area contributed by atoms with Crippen LogP contribution in [-0.4, -0.2) is 9.97 Å². The summed E-state index contributed by atoms with van der Waals surface area (Å²) in [5.41, 5.74) is 5.99. The first-order chi connectivity index (χ1) is 7.58. The maximum Gasteiger partial charge on any atom is 0.340 e. The van der Waals surface area contributed by atoms with Gasteiger partial charge in [-0.3, -0.25) is 9.78 Å². The summed E-state index contributed by atoms with van der Waals surface area (Å²) in [5.74, 6) is 0.638. The van der Waals surface area contributed by atoms with E-state index in [9.17, 15) is 4.79 Å². The number of nitrogen functional groups attached to an aromatic ring is 1. The highest BCUT2D eigenvalue weighted by atomic mass is 16.1. The Hall–Kier alpha value is -1.91. The number of pyridine rings is 1. The van der Waals surface area contributed by atoms with Crippen molar-refractivity contribution in [2.45, 2.75) is 20.4 Å². The Labute approximate surface area is 92.9 Å². The Kier molecular flexibility index (Phi) is 2.60. The molecule has 0 atom stereocenters. The van der Waals surface area contributed by atoms with Gasteiger partial charge in [-0.1, -0.05) is 13.8 Å². The molecule has 3 N–H and O–H groups in total. The van der Waals surface area contributed by atoms with E-state index in [0.717, 1.165) is 6.54 Å². The summed E-state index contributed by atoms with van der Waals surface area (Å²) >= 11 is 0. The van der Waals surface area contributed by atoms with Crippen molar-refractivity contribution in [3.63, 3.8) is 0 Å². The fraction of sp³-hybridized carbons (Fsp3) is 0.364. The molecule has 2 heterocycles. The second-order valence-electron chi connectivity index (χ2n) is 4.24. The lowest BCUT2D eigenvalue weighted by Gasteiger charge is -2.04. The summed E-state index contributed by atoms with van der Waals surface area (Å²) in [4.78, 5) is 18.3. The molecule has 84 valence electrons. The third-order valence-corrected chi connectivity index (χ3v) is 2.32. The summed E-state index contributed by atoms with van der Waals surface area (Å²) in [6.07, 6.45) is 1.91. The zero-order valence-electron chi connectivity index (χ0n) is 9.40. The largest absolute Gasteiger partial charge is 0.348 e. The molecular formula is C11H15N4O+. The number of aromatic amines is 1. The summed E-state index contributed by atoms with van der Waals surface area (Å²) in [5, 5.41) is 0.567. The van der Waals surface area contributed by atoms with Crippen LogP contribution in [0.5, 0.6) is 0 Å². The number of nitrogens with one attached hydrogen (secondary N) is 1. The number of H-pyrrole nitrogens is 1. The highest BCUT2D eigenvalue weighted by Crippen LogP contribution is 2.03. The van der Waals surface area contributed by atoms with Gasteiger partial charge in [-0.25, -0.2) is 4.57 Å². The van der Waals surface area contributed by atoms with Gasteiger partial charge in [0.1, 0.15) is 5.39 Å². The predicted octanol–water partition coefficient (Wildman–Crippen LogP) is 0.449. The number of hydrogen-bond acceptors (Lipinski definition) is 3. The van der Waals surface area contributed by atoms with Crippen LogP contribution in [0.1, 0.15) is 13.8 Å². The SMILES string of the molecule is CC(C)C[n+]1cccc2c(=O)[nH]c(N)nc21. The van der Waals surface area contributed by atoms with Crippen LogP contribution in [0, 0.1) is 5.92 Å². The fourth-order valence-electron chi connectivity index (χ4n) is 1.71. The van der Waals surface area contributed by atoms with Crippen LogP contribution in [0.3, 0.4) is 0 Å². The minimum absolute atomic E-state index is 0.154. The van der Waals surface area contributed by atoms with Gasteiger partial charge in [0.25, 0.3) is 5.56 Å². The topological polar surface area (TPSA) is 75.6 Å². The van der Waals surface area contributed by atoms with Gasteiger partial charge >= 0.3 is 11.6 Å². The molecule has 0 bridgehead atoms. The monoisotopic (exact) mass is 219 g/mol. The quantitative estimate of drug-likeness (QED) is 0.720. The molecule has 0 aromatic carbocycles. The van der Waals surface area contributed by atoms with Crippen LogP contribution in [0.4, 0.5) is 5.95 Å². The molecule has 0 radical (unpaired) electrons. The van der Waals surface area contributed by atoms with Crippen molar-refractivity contribution in [1.29, 1.82) is 0 Å². The number of aromatic nitrogens is 3. The van der Waals surface area contributed by atoms with Gasteiger partial charge in [-0.2, -0.15) is 0 Å². The molecule has 0 saturated carbocycles. The minimum atomic E-state index is -0.194. The van der Waals surface area contributed by atoms with Crippen molar-refractivity contribution in [2.75, 3.05) is 5.73 Å². The van der Waals surface area contributed by atoms with Crippen molar-refractivity contribution in [1.82, 2.24) is 9.97 Å². The zero-order chi connectivity index (χ0) is 11.7. The van der Waals surface area contributed by atoms with E-state index in [4.69, 9.17) is 5.73 Å². The van der Waals surface area contributed by atoms with E-state index in [2.05, 4.69) is 23.8 Å². The standard InChI is InChI=1S/C11H14N4O/c1-7(2)6-15-5-3-4-8-9(15)13-11(12)14-10(8)16/h3-5,7H,6H2,1-2H3,(H2,12,14,16)/p+1. The Morgan fingerprint density at radius 2 is 2.31 bits per heavy atom. The van der Waals surface area contributed by atoms with Gasteiger partial charge in [0, 0.05) is 0 Å². The molecule has 0 aliphatic carbocycles. The molecule has 0 amide bonds. The zero-order valence-corrected chi connectivity index (χ0v) is 9.40. The van der Waals surface area contributed by atoms with Crippen LogP contribution >= 0.6 is 0 Å². The van der Waals surface area contributed by atoms with E-state index in [1.165, 1.54) is 0 Å². The summed E-state index contributed by atoms with van der Waals surface area (Å²) in [6.45, 7) is 5.04. The van der Waals surface area contributed by atoms with Crippen molar-refractivity contribution >= 4 is 17.0 Å². The number of hydrogen-bond donors (Lipinski definition) is 2. The molecule has 2 rings (SSSR count). The number of nitrogens with zero attached hydrogens (tertiary/aromatic N) is 2. The van der Waals surface area contributed by atoms with Crippen LogP contribution in [-0.2, 0) is 6.54 Å². The van der Waals surface area contributed by atoms with Gasteiger partial charge < -0.3 is 5.73 Å². The number of fused-ring (bicyclic) bond motifs is 1. The minimum Gasteiger partial charge on any atom is -0.348 e. The van der Waals surface area contributed by atoms with Crippen LogP contribution in [0.2, 0.25) is 0 Å². The van der Waals surface area contributed by atoms with Crippen molar-refractivity contribution in [3.05, 3.63) is 28.7 Å². The van der Waals surface area contributed by atoms with Gasteiger partial charge in [-0.05, 0) is 23.0 Å². The molecular weight excluding hydrogens is 204 g/mol. The van der Waals surface area contributed by atoms with Gasteiger partial charge in [0.05, 0.1) is 12.7 Å². The predicted molar refractivity (Wildman–Crippen MR) is 61.8 cm³/mol. The highest BCUT2D eigenvalue weighted by molar-refractivity contribution is 5.70. The molecule has 0 fully saturated rings. The van der Waals surface area contributed by atoms with E-state index >= 15 is 0 Å². The van der Waals surface area contributed by atoms with Crippen LogP contribution in [0.15, 0.2) is 23.1 Å². The molecule has 16 heavy (non-hydrogen) atoms. The van der Waals surface area contributed by atoms with Crippen molar-refractivity contribution in [2.24, 2.45) is 5.92 Å². The molecule has 5 heteroatoms. The molecule has 0 aliphatic rings. The molecule has 2 aromatic rings. The van der Waals surface area contributed by atoms with Crippen molar-refractivity contribution in [3.8, 4) is 0 Å². The molecule has 0 unspecified atom stereocenters. The van der Waals surface area contributed by atoms with Crippen LogP contribution < -0.4 is 15.9 Å². The number of anilines is 1. The molecule has 5 nitrogen and oxygen atoms in total. The van der Waals surface area contributed by atoms with E-state index in [1.807, 2.05) is 16.8 Å². The lowest BCUT2D eigenvalue weighted by atomic mass is 10.2. The molecule has 0 spiro atoms. The second kappa shape index (κ2) is 3.92. The number of nitrogens with two attached hydrogens (primary N) is 1. The maximum atomic E-state index is 11.6. The maximum absolute atomic E-state index is 11.6. The van der Waals surface area contributed by atoms with E-state index in [0.29, 0.717) is 17.0 Å². The van der Waals surface area contributed by atoms with Gasteiger partial charge in [0.15, 0.2) is 0 Å². The Bertz CT molecular complexity index is 574. The summed E-state index contributed by atoms with van der Waals surface area (Å²) < 4.78 is 1.95. The van der Waals surface area contributed by atoms with Crippen molar-refractivity contribution < 1.29 is 4.57 Å². The van der Waals surface area contributed by atoms with E-state index < -0.39 is 0 Å². The van der Waals surface area contributed by atoms with Gasteiger partial charge in [-0.15, -0.1) is 0 Å². The number of rotatable bonds is 2. The summed E-state index contributed by atoms with van der Waals surface area (Å²) in [6, 6.07) is 3.59. The first-order valence-corrected chi connectivity index (χ1v) is 5.26. The first-order valence-electron chi connectivity index (χ1n) is 5.26. The highest BCUT2D eigenvalue weighted by Gasteiger charge is 2.14. The second-order valence-corrected chi connectivity index (χ2v) is 4.24. The Morgan fingerprint density at radius 3 is 3.00 bits per heavy atom. The fourth-order valence-corrected chi connectivity index (χ4v) is 1.71. The Balaban J connectivity index is 2.71. The van der Waals surface area contributed by atoms with Crippen LogP contribution in [0.25, 0.3) is 11.0 Å². The smallest absolute Gasteiger partial charge is 0.340 e. The normalized spacial score (nSPS) is 11.2. The van der Waals surface area contributed by atoms with Gasteiger partial charge in [0.2, 0.25) is 0 Å². The first kappa shape index (κ1) is 10.6. The molecule has 0 aliphatic heterocycles. The average Bonchev–Trinajstić information content (AvgIpc) is 2.18. The van der Waals surface area contributed by atoms with E-state index in [1.54, 1.807) is 6.07 Å². The third kappa shape index (κ3) is 1.88. The molecule has 2 aromatic heterocycles. The Morgan fingerprint density at radius 1 is 1.56 bits per heavy atom.